The van der Waals surface area contributed by atoms with E-state index in [2.05, 4.69) is 27.1 Å². The Balaban J connectivity index is 1.13. The number of halogens is 3. The van der Waals surface area contributed by atoms with Gasteiger partial charge in [0.2, 0.25) is 5.91 Å². The second-order valence-electron chi connectivity index (χ2n) is 9.06. The molecule has 0 radical (unpaired) electrons. The second kappa shape index (κ2) is 10.1. The van der Waals surface area contributed by atoms with Gasteiger partial charge in [-0.1, -0.05) is 42.5 Å². The van der Waals surface area contributed by atoms with Crippen molar-refractivity contribution >= 4 is 5.91 Å². The van der Waals surface area contributed by atoms with E-state index >= 15 is 0 Å². The molecule has 2 fully saturated rings. The van der Waals surface area contributed by atoms with Crippen LogP contribution in [-0.4, -0.2) is 61.8 Å². The lowest BCUT2D eigenvalue weighted by Gasteiger charge is -2.23. The van der Waals surface area contributed by atoms with Gasteiger partial charge in [0.25, 0.3) is 0 Å². The van der Waals surface area contributed by atoms with E-state index in [1.807, 2.05) is 30.1 Å². The molecule has 33 heavy (non-hydrogen) atoms. The fourth-order valence-electron chi connectivity index (χ4n) is 4.78. The first-order chi connectivity index (χ1) is 15.8. The molecule has 0 bridgehead atoms. The summed E-state index contributed by atoms with van der Waals surface area (Å²) in [4.78, 5) is 16.6. The fourth-order valence-corrected chi connectivity index (χ4v) is 4.78. The summed E-state index contributed by atoms with van der Waals surface area (Å²) in [5.74, 6) is 1.73. The maximum atomic E-state index is 12.6. The maximum absolute atomic E-state index is 12.6. The van der Waals surface area contributed by atoms with Crippen molar-refractivity contribution in [2.75, 3.05) is 39.8 Å². The summed E-state index contributed by atoms with van der Waals surface area (Å²) >= 11 is 0. The number of likely N-dealkylation sites (N-methyl/N-ethyl adjacent to an activating group) is 1. The molecule has 1 amide bonds. The molecule has 4 rings (SSSR count). The Morgan fingerprint density at radius 1 is 1.09 bits per heavy atom. The van der Waals surface area contributed by atoms with Crippen LogP contribution in [0.1, 0.15) is 11.1 Å². The average Bonchev–Trinajstić information content (AvgIpc) is 3.22. The summed E-state index contributed by atoms with van der Waals surface area (Å²) in [5.41, 5.74) is 1.99. The summed E-state index contributed by atoms with van der Waals surface area (Å²) in [5, 5.41) is 3.36. The Morgan fingerprint density at radius 3 is 2.48 bits per heavy atom. The van der Waals surface area contributed by atoms with Gasteiger partial charge < -0.3 is 15.0 Å². The third kappa shape index (κ3) is 6.71. The van der Waals surface area contributed by atoms with Crippen LogP contribution >= 0.6 is 0 Å². The number of fused-ring (bicyclic) bond motifs is 1. The first-order valence-electron chi connectivity index (χ1n) is 11.3. The van der Waals surface area contributed by atoms with Gasteiger partial charge in [0.15, 0.2) is 0 Å². The van der Waals surface area contributed by atoms with Gasteiger partial charge in [-0.3, -0.25) is 9.69 Å². The van der Waals surface area contributed by atoms with E-state index in [9.17, 15) is 18.0 Å². The first kappa shape index (κ1) is 23.6. The number of carbonyl (C=O) groups is 1. The lowest BCUT2D eigenvalue weighted by atomic mass is 10.1. The van der Waals surface area contributed by atoms with Gasteiger partial charge in [-0.2, -0.15) is 0 Å². The van der Waals surface area contributed by atoms with Crippen LogP contribution in [0.3, 0.4) is 0 Å². The normalized spacial score (nSPS) is 22.1. The first-order valence-corrected chi connectivity index (χ1v) is 11.3. The Hall–Kier alpha value is -2.58. The number of hydrogen-bond donors (Lipinski definition) is 1. The highest BCUT2D eigenvalue weighted by Crippen LogP contribution is 2.51. The van der Waals surface area contributed by atoms with Crippen molar-refractivity contribution in [2.24, 2.45) is 17.8 Å². The van der Waals surface area contributed by atoms with Crippen molar-refractivity contribution in [3.05, 3.63) is 65.7 Å². The van der Waals surface area contributed by atoms with E-state index in [1.54, 1.807) is 12.1 Å². The topological polar surface area (TPSA) is 44.8 Å². The predicted molar refractivity (Wildman–Crippen MR) is 120 cm³/mol. The van der Waals surface area contributed by atoms with Crippen molar-refractivity contribution in [3.8, 4) is 5.75 Å². The molecule has 1 aliphatic heterocycles. The molecule has 5 nitrogen and oxygen atoms in total. The van der Waals surface area contributed by atoms with Gasteiger partial charge in [-0.25, -0.2) is 0 Å². The van der Waals surface area contributed by atoms with Crippen LogP contribution in [0, 0.1) is 17.8 Å². The molecule has 178 valence electrons. The summed E-state index contributed by atoms with van der Waals surface area (Å²) < 4.78 is 41.1. The van der Waals surface area contributed by atoms with Gasteiger partial charge >= 0.3 is 6.36 Å². The van der Waals surface area contributed by atoms with E-state index in [0.29, 0.717) is 37.4 Å². The fraction of sp³-hybridized carbons (Fsp3) is 0.480. The van der Waals surface area contributed by atoms with Crippen LogP contribution in [0.15, 0.2) is 54.6 Å². The molecule has 2 aromatic carbocycles. The number of amides is 1. The minimum Gasteiger partial charge on any atom is -0.406 e. The lowest BCUT2D eigenvalue weighted by Crippen LogP contribution is -2.39. The molecular formula is C25H30F3N3O2. The molecular weight excluding hydrogens is 431 g/mol. The van der Waals surface area contributed by atoms with Crippen LogP contribution in [0.4, 0.5) is 13.2 Å². The summed E-state index contributed by atoms with van der Waals surface area (Å²) in [6, 6.07) is 16.2. The number of rotatable bonds is 10. The third-order valence-corrected chi connectivity index (χ3v) is 6.65. The van der Waals surface area contributed by atoms with Gasteiger partial charge in [0.05, 0.1) is 6.54 Å². The predicted octanol–water partition coefficient (Wildman–Crippen LogP) is 3.55. The highest BCUT2D eigenvalue weighted by molar-refractivity contribution is 5.78. The monoisotopic (exact) mass is 461 g/mol. The van der Waals surface area contributed by atoms with Crippen molar-refractivity contribution in [3.63, 3.8) is 0 Å². The Labute approximate surface area is 192 Å². The quantitative estimate of drug-likeness (QED) is 0.588. The van der Waals surface area contributed by atoms with Crippen molar-refractivity contribution in [1.29, 1.82) is 0 Å². The van der Waals surface area contributed by atoms with Gasteiger partial charge in [0.1, 0.15) is 5.75 Å². The van der Waals surface area contributed by atoms with E-state index < -0.39 is 6.36 Å². The van der Waals surface area contributed by atoms with Crippen LogP contribution in [0.5, 0.6) is 5.75 Å². The number of hydrogen-bond acceptors (Lipinski definition) is 4. The number of piperidine rings is 1. The lowest BCUT2D eigenvalue weighted by molar-refractivity contribution is -0.274. The number of benzene rings is 2. The van der Waals surface area contributed by atoms with E-state index in [4.69, 9.17) is 0 Å². The van der Waals surface area contributed by atoms with Crippen LogP contribution in [0.2, 0.25) is 0 Å². The maximum Gasteiger partial charge on any atom is 0.573 e. The molecule has 1 saturated carbocycles. The highest BCUT2D eigenvalue weighted by Gasteiger charge is 2.55. The molecule has 2 aromatic rings. The minimum absolute atomic E-state index is 0.155. The van der Waals surface area contributed by atoms with Crippen LogP contribution < -0.4 is 10.1 Å². The molecule has 2 aliphatic rings. The zero-order chi connectivity index (χ0) is 23.4. The molecule has 0 spiro atoms. The largest absolute Gasteiger partial charge is 0.573 e. The SMILES string of the molecule is CN(CCc1ccccc1)C(=O)CN1CC2C(CNCc3cccc(OC(F)(F)F)c3)C2C1. The number of ether oxygens (including phenoxy) is 1. The number of alkyl halides is 3. The van der Waals surface area contributed by atoms with Gasteiger partial charge in [0, 0.05) is 33.2 Å². The number of nitrogens with zero attached hydrogens (tertiary/aromatic N) is 2. The minimum atomic E-state index is -4.68. The second-order valence-corrected chi connectivity index (χ2v) is 9.06. The smallest absolute Gasteiger partial charge is 0.406 e. The van der Waals surface area contributed by atoms with Crippen molar-refractivity contribution in [1.82, 2.24) is 15.1 Å². The average molecular weight is 462 g/mol. The zero-order valence-corrected chi connectivity index (χ0v) is 18.7. The molecule has 1 heterocycles. The zero-order valence-electron chi connectivity index (χ0n) is 18.7. The number of likely N-dealkylation sites (tertiary alicyclic amines) is 1. The van der Waals surface area contributed by atoms with E-state index in [1.165, 1.54) is 17.7 Å². The number of nitrogens with one attached hydrogen (secondary N) is 1. The van der Waals surface area contributed by atoms with Gasteiger partial charge in [-0.05, 0) is 54.0 Å². The third-order valence-electron chi connectivity index (χ3n) is 6.65. The Kier molecular flexibility index (Phi) is 7.24. The van der Waals surface area contributed by atoms with Crippen LogP contribution in [-0.2, 0) is 17.8 Å². The van der Waals surface area contributed by atoms with E-state index in [0.717, 1.165) is 31.6 Å². The van der Waals surface area contributed by atoms with Gasteiger partial charge in [-0.15, -0.1) is 13.2 Å². The van der Waals surface area contributed by atoms with Crippen molar-refractivity contribution in [2.45, 2.75) is 19.3 Å². The molecule has 1 saturated heterocycles. The molecule has 2 atom stereocenters. The molecule has 0 aromatic heterocycles. The molecule has 2 unspecified atom stereocenters. The van der Waals surface area contributed by atoms with Crippen LogP contribution in [0.25, 0.3) is 0 Å². The molecule has 8 heteroatoms. The summed E-state index contributed by atoms with van der Waals surface area (Å²) in [6.07, 6.45) is -3.82. The molecule has 1 aliphatic carbocycles. The Bertz CT molecular complexity index is 926. The Morgan fingerprint density at radius 2 is 1.79 bits per heavy atom. The summed E-state index contributed by atoms with van der Waals surface area (Å²) in [6.45, 7) is 4.38. The molecule has 1 N–H and O–H groups in total. The number of carbonyl (C=O) groups excluding carboxylic acids is 1. The van der Waals surface area contributed by atoms with Crippen molar-refractivity contribution < 1.29 is 22.7 Å². The standard InChI is InChI=1S/C25H30F3N3O2/c1-30(11-10-18-6-3-2-4-7-18)24(32)17-31-15-22-21(23(22)16-31)14-29-13-19-8-5-9-20(12-19)33-25(26,27)28/h2-9,12,21-23,29H,10-11,13-17H2,1H3. The summed E-state index contributed by atoms with van der Waals surface area (Å²) in [7, 11) is 1.86. The highest BCUT2D eigenvalue weighted by atomic mass is 19.4. The van der Waals surface area contributed by atoms with E-state index in [-0.39, 0.29) is 11.7 Å².